The van der Waals surface area contributed by atoms with E-state index in [9.17, 15) is 18.0 Å². The highest BCUT2D eigenvalue weighted by atomic mass is 35.5. The van der Waals surface area contributed by atoms with E-state index in [0.717, 1.165) is 10.8 Å². The van der Waals surface area contributed by atoms with Crippen LogP contribution >= 0.6 is 11.6 Å². The number of esters is 1. The smallest absolute Gasteiger partial charge is 0.402 e. The molecule has 7 nitrogen and oxygen atoms in total. The molecule has 2 aliphatic rings. The normalized spacial score (nSPS) is 18.8. The van der Waals surface area contributed by atoms with Crippen molar-refractivity contribution in [3.63, 3.8) is 0 Å². The lowest BCUT2D eigenvalue weighted by Crippen LogP contribution is -2.32. The molecule has 0 bridgehead atoms. The average molecular weight is 482 g/mol. The third-order valence-corrected chi connectivity index (χ3v) is 5.56. The maximum Gasteiger partial charge on any atom is 0.402 e. The summed E-state index contributed by atoms with van der Waals surface area (Å²) >= 11 is 6.23. The Balaban J connectivity index is 1.69. The fourth-order valence-electron chi connectivity index (χ4n) is 3.50. The Morgan fingerprint density at radius 3 is 2.58 bits per heavy atom. The molecule has 174 valence electrons. The molecule has 0 unspecified atom stereocenters. The second-order valence-electron chi connectivity index (χ2n) is 8.88. The zero-order valence-corrected chi connectivity index (χ0v) is 19.1. The van der Waals surface area contributed by atoms with Crippen LogP contribution < -0.4 is 0 Å². The summed E-state index contributed by atoms with van der Waals surface area (Å²) in [7, 11) is 0. The van der Waals surface area contributed by atoms with Gasteiger partial charge in [0.05, 0.1) is 11.5 Å². The zero-order valence-electron chi connectivity index (χ0n) is 18.3. The topological polar surface area (TPSA) is 80.6 Å². The van der Waals surface area contributed by atoms with Gasteiger partial charge in [-0.25, -0.2) is 9.18 Å². The highest BCUT2D eigenvalue weighted by Crippen LogP contribution is 2.54. The van der Waals surface area contributed by atoms with Gasteiger partial charge in [0.15, 0.2) is 5.82 Å². The van der Waals surface area contributed by atoms with E-state index >= 15 is 0 Å². The van der Waals surface area contributed by atoms with Gasteiger partial charge in [-0.05, 0) is 56.0 Å². The third-order valence-electron chi connectivity index (χ3n) is 5.24. The van der Waals surface area contributed by atoms with Crippen LogP contribution in [0.1, 0.15) is 57.8 Å². The summed E-state index contributed by atoms with van der Waals surface area (Å²) in [5.74, 6) is -1.04. The first-order valence-corrected chi connectivity index (χ1v) is 10.5. The van der Waals surface area contributed by atoms with Crippen LogP contribution in [-0.4, -0.2) is 44.2 Å². The largest absolute Gasteiger partial charge is 0.452 e. The standard InChI is InChI=1S/C22H21ClF3N4O3/c1-11(19(31)32-21(2,3)4)30-16(17(25)26)10-15(28-30)18-27-20(29-33-18)22(7-8-22)13-6-5-12(24)9-14(13)23/h5-6,9-10,17H,7-8H2,1-4H3/q+1/b30-11-. The maximum absolute atomic E-state index is 13.7. The van der Waals surface area contributed by atoms with Gasteiger partial charge in [-0.3, -0.25) is 0 Å². The first kappa shape index (κ1) is 23.2. The van der Waals surface area contributed by atoms with Gasteiger partial charge in [-0.2, -0.15) is 13.8 Å². The van der Waals surface area contributed by atoms with E-state index in [1.165, 1.54) is 19.1 Å². The molecule has 1 aliphatic heterocycles. The van der Waals surface area contributed by atoms with Crippen LogP contribution in [0.2, 0.25) is 5.02 Å². The highest BCUT2D eigenvalue weighted by Gasteiger charge is 2.51. The van der Waals surface area contributed by atoms with Crippen LogP contribution in [0.4, 0.5) is 13.2 Å². The molecule has 2 heterocycles. The number of carbonyl (C=O) groups is 1. The molecule has 0 spiro atoms. The lowest BCUT2D eigenvalue weighted by molar-refractivity contribution is -0.489. The van der Waals surface area contributed by atoms with Gasteiger partial charge in [0, 0.05) is 17.0 Å². The molecular formula is C22H21ClF3N4O3+. The lowest BCUT2D eigenvalue weighted by Gasteiger charge is -2.18. The molecule has 0 atom stereocenters. The zero-order chi connectivity index (χ0) is 24.1. The van der Waals surface area contributed by atoms with Crippen molar-refractivity contribution in [1.29, 1.82) is 0 Å². The monoisotopic (exact) mass is 481 g/mol. The summed E-state index contributed by atoms with van der Waals surface area (Å²) in [5, 5.41) is 8.34. The number of hydrogen-bond donors (Lipinski definition) is 0. The van der Waals surface area contributed by atoms with Crippen molar-refractivity contribution in [3.05, 3.63) is 58.1 Å². The molecule has 1 saturated carbocycles. The molecule has 0 saturated heterocycles. The van der Waals surface area contributed by atoms with Crippen LogP contribution in [0.3, 0.4) is 0 Å². The first-order chi connectivity index (χ1) is 15.4. The van der Waals surface area contributed by atoms with Crippen molar-refractivity contribution in [1.82, 2.24) is 10.1 Å². The van der Waals surface area contributed by atoms with E-state index in [1.54, 1.807) is 26.8 Å². The molecule has 33 heavy (non-hydrogen) atoms. The van der Waals surface area contributed by atoms with Crippen LogP contribution in [0.25, 0.3) is 0 Å². The second kappa shape index (κ2) is 8.09. The van der Waals surface area contributed by atoms with Crippen molar-refractivity contribution >= 4 is 29.0 Å². The van der Waals surface area contributed by atoms with E-state index in [2.05, 4.69) is 15.2 Å². The predicted octanol–water partition coefficient (Wildman–Crippen LogP) is 4.62. The number of ether oxygens (including phenoxy) is 1. The number of aromatic nitrogens is 2. The molecule has 1 aromatic carbocycles. The SMILES string of the molecule is C/C(C(=O)OC(C)(C)C)=[N+]1/N=C(c2nc(C3(c4ccc(F)cc4Cl)CC3)no2)C=C1C(F)F. The Bertz CT molecular complexity index is 1220. The summed E-state index contributed by atoms with van der Waals surface area (Å²) in [5.41, 5.74) is -1.46. The average Bonchev–Trinajstić information content (AvgIpc) is 3.15. The Morgan fingerprint density at radius 2 is 2.00 bits per heavy atom. The Labute approximate surface area is 192 Å². The lowest BCUT2D eigenvalue weighted by atomic mass is 9.95. The van der Waals surface area contributed by atoms with Gasteiger partial charge in [-0.1, -0.05) is 22.8 Å². The van der Waals surface area contributed by atoms with Crippen LogP contribution in [-0.2, 0) is 14.9 Å². The molecular weight excluding hydrogens is 461 g/mol. The number of allylic oxidation sites excluding steroid dienone is 2. The minimum absolute atomic E-state index is 0.0204. The van der Waals surface area contributed by atoms with Crippen molar-refractivity contribution in [3.8, 4) is 0 Å². The fourth-order valence-corrected chi connectivity index (χ4v) is 3.85. The Morgan fingerprint density at radius 1 is 1.30 bits per heavy atom. The van der Waals surface area contributed by atoms with E-state index in [0.29, 0.717) is 24.2 Å². The van der Waals surface area contributed by atoms with Crippen molar-refractivity contribution in [2.24, 2.45) is 5.10 Å². The van der Waals surface area contributed by atoms with Crippen molar-refractivity contribution in [2.45, 2.75) is 58.0 Å². The molecule has 1 fully saturated rings. The maximum atomic E-state index is 13.7. The summed E-state index contributed by atoms with van der Waals surface area (Å²) in [6, 6.07) is 4.08. The quantitative estimate of drug-likeness (QED) is 0.459. The number of alkyl halides is 2. The van der Waals surface area contributed by atoms with Crippen molar-refractivity contribution < 1.29 is 31.9 Å². The summed E-state index contributed by atoms with van der Waals surface area (Å²) in [6.07, 6.45) is -0.502. The summed E-state index contributed by atoms with van der Waals surface area (Å²) < 4.78 is 52.2. The van der Waals surface area contributed by atoms with Gasteiger partial charge in [0.1, 0.15) is 11.4 Å². The van der Waals surface area contributed by atoms with Crippen LogP contribution in [0.15, 0.2) is 39.6 Å². The number of nitrogens with zero attached hydrogens (tertiary/aromatic N) is 4. The number of carbonyl (C=O) groups excluding carboxylic acids is 1. The molecule has 0 N–H and O–H groups in total. The Kier molecular flexibility index (Phi) is 5.68. The van der Waals surface area contributed by atoms with Crippen molar-refractivity contribution in [2.75, 3.05) is 0 Å². The van der Waals surface area contributed by atoms with Gasteiger partial charge in [-0.15, -0.1) is 0 Å². The molecule has 2 aromatic rings. The van der Waals surface area contributed by atoms with Crippen LogP contribution in [0, 0.1) is 5.82 Å². The molecule has 1 aromatic heterocycles. The summed E-state index contributed by atoms with van der Waals surface area (Å²) in [6.45, 7) is 6.34. The van der Waals surface area contributed by atoms with E-state index < -0.39 is 34.9 Å². The van der Waals surface area contributed by atoms with E-state index in [1.807, 2.05) is 0 Å². The molecule has 0 radical (unpaired) electrons. The minimum atomic E-state index is -2.92. The first-order valence-electron chi connectivity index (χ1n) is 10.2. The predicted molar refractivity (Wildman–Crippen MR) is 113 cm³/mol. The van der Waals surface area contributed by atoms with Gasteiger partial charge < -0.3 is 9.26 Å². The number of hydrogen-bond acceptors (Lipinski definition) is 6. The minimum Gasteiger partial charge on any atom is -0.452 e. The number of rotatable bonds is 5. The fraction of sp³-hybridized carbons (Fsp3) is 0.409. The highest BCUT2D eigenvalue weighted by molar-refractivity contribution is 6.33. The molecule has 0 amide bonds. The Hall–Kier alpha value is -3.01. The summed E-state index contributed by atoms with van der Waals surface area (Å²) in [4.78, 5) is 16.7. The second-order valence-corrected chi connectivity index (χ2v) is 9.29. The van der Waals surface area contributed by atoms with Gasteiger partial charge >= 0.3 is 12.4 Å². The molecule has 4 rings (SSSR count). The molecule has 1 aliphatic carbocycles. The molecule has 11 heteroatoms. The number of benzene rings is 1. The third kappa shape index (κ3) is 4.44. The number of hydrazone groups is 1. The van der Waals surface area contributed by atoms with Gasteiger partial charge in [0.2, 0.25) is 5.71 Å². The van der Waals surface area contributed by atoms with E-state index in [4.69, 9.17) is 20.9 Å². The van der Waals surface area contributed by atoms with Gasteiger partial charge in [0.25, 0.3) is 17.3 Å². The van der Waals surface area contributed by atoms with E-state index in [-0.39, 0.29) is 22.3 Å². The number of halogens is 4. The van der Waals surface area contributed by atoms with Crippen LogP contribution in [0.5, 0.6) is 0 Å².